The van der Waals surface area contributed by atoms with Crippen LogP contribution in [0.25, 0.3) is 0 Å². The van der Waals surface area contributed by atoms with E-state index in [0.29, 0.717) is 18.4 Å². The summed E-state index contributed by atoms with van der Waals surface area (Å²) in [6.45, 7) is 3.43. The molecule has 4 heteroatoms. The molecule has 0 saturated heterocycles. The van der Waals surface area contributed by atoms with Gasteiger partial charge in [0.2, 0.25) is 5.91 Å². The monoisotopic (exact) mass is 271 g/mol. The number of allylic oxidation sites excluding steroid dienone is 2. The fourth-order valence-corrected chi connectivity index (χ4v) is 3.27. The quantitative estimate of drug-likeness (QED) is 0.637. The van der Waals surface area contributed by atoms with Crippen LogP contribution in [0.5, 0.6) is 0 Å². The van der Waals surface area contributed by atoms with Crippen molar-refractivity contribution < 1.29 is 4.79 Å². The van der Waals surface area contributed by atoms with Gasteiger partial charge in [-0.1, -0.05) is 12.2 Å². The summed E-state index contributed by atoms with van der Waals surface area (Å²) in [5, 5.41) is 6.37. The zero-order valence-corrected chi connectivity index (χ0v) is 11.8. The molecule has 1 fully saturated rings. The van der Waals surface area contributed by atoms with E-state index in [1.54, 1.807) is 6.20 Å². The van der Waals surface area contributed by atoms with E-state index in [1.165, 1.54) is 6.42 Å². The van der Waals surface area contributed by atoms with Gasteiger partial charge in [0.1, 0.15) is 0 Å². The van der Waals surface area contributed by atoms with Gasteiger partial charge in [-0.25, -0.2) is 0 Å². The van der Waals surface area contributed by atoms with Crippen molar-refractivity contribution in [3.8, 4) is 0 Å². The minimum atomic E-state index is 0.202. The van der Waals surface area contributed by atoms with Gasteiger partial charge in [0.05, 0.1) is 0 Å². The number of aryl methyl sites for hydroxylation is 1. The second-order valence-electron chi connectivity index (χ2n) is 5.80. The van der Waals surface area contributed by atoms with E-state index in [-0.39, 0.29) is 11.8 Å². The average Bonchev–Trinajstić information content (AvgIpc) is 3.07. The normalized spacial score (nSPS) is 26.8. The maximum absolute atomic E-state index is 12.1. The Morgan fingerprint density at radius 3 is 2.95 bits per heavy atom. The molecule has 2 N–H and O–H groups in total. The fraction of sp³-hybridized carbons (Fsp3) is 0.500. The lowest BCUT2D eigenvalue weighted by Crippen LogP contribution is -2.35. The zero-order chi connectivity index (χ0) is 13.9. The SMILES string of the molecule is Cc1cnccc1NCCNC(=O)[C@@H]1C[C@@H]2C=C[C@H]1C2. The molecule has 3 atom stereocenters. The number of anilines is 1. The van der Waals surface area contributed by atoms with Crippen molar-refractivity contribution in [1.29, 1.82) is 0 Å². The summed E-state index contributed by atoms with van der Waals surface area (Å²) in [5.74, 6) is 1.55. The van der Waals surface area contributed by atoms with E-state index >= 15 is 0 Å². The average molecular weight is 271 g/mol. The molecule has 1 aromatic heterocycles. The summed E-state index contributed by atoms with van der Waals surface area (Å²) in [5.41, 5.74) is 2.20. The van der Waals surface area contributed by atoms with Crippen LogP contribution in [0.3, 0.4) is 0 Å². The maximum Gasteiger partial charge on any atom is 0.223 e. The smallest absolute Gasteiger partial charge is 0.223 e. The Hall–Kier alpha value is -1.84. The first-order chi connectivity index (χ1) is 9.74. The van der Waals surface area contributed by atoms with Gasteiger partial charge >= 0.3 is 0 Å². The third kappa shape index (κ3) is 2.69. The van der Waals surface area contributed by atoms with Crippen molar-refractivity contribution in [2.75, 3.05) is 18.4 Å². The van der Waals surface area contributed by atoms with Crippen molar-refractivity contribution in [2.45, 2.75) is 19.8 Å². The van der Waals surface area contributed by atoms with Gasteiger partial charge in [-0.15, -0.1) is 0 Å². The van der Waals surface area contributed by atoms with E-state index in [0.717, 1.165) is 24.2 Å². The first-order valence-electron chi connectivity index (χ1n) is 7.34. The van der Waals surface area contributed by atoms with Crippen molar-refractivity contribution in [3.63, 3.8) is 0 Å². The number of nitrogens with zero attached hydrogens (tertiary/aromatic N) is 1. The molecule has 2 aliphatic carbocycles. The van der Waals surface area contributed by atoms with Crippen molar-refractivity contribution in [1.82, 2.24) is 10.3 Å². The number of fused-ring (bicyclic) bond motifs is 2. The van der Waals surface area contributed by atoms with E-state index in [1.807, 2.05) is 19.2 Å². The molecule has 1 amide bonds. The molecule has 0 aromatic carbocycles. The molecule has 0 radical (unpaired) electrons. The van der Waals surface area contributed by atoms with Crippen LogP contribution >= 0.6 is 0 Å². The van der Waals surface area contributed by atoms with E-state index < -0.39 is 0 Å². The molecule has 0 aliphatic heterocycles. The number of pyridine rings is 1. The van der Waals surface area contributed by atoms with Crippen LogP contribution in [0.2, 0.25) is 0 Å². The minimum absolute atomic E-state index is 0.202. The fourth-order valence-electron chi connectivity index (χ4n) is 3.27. The number of hydrogen-bond donors (Lipinski definition) is 2. The van der Waals surface area contributed by atoms with Crippen LogP contribution in [-0.2, 0) is 4.79 Å². The highest BCUT2D eigenvalue weighted by Gasteiger charge is 2.39. The lowest BCUT2D eigenvalue weighted by molar-refractivity contribution is -0.125. The van der Waals surface area contributed by atoms with Gasteiger partial charge in [-0.05, 0) is 43.2 Å². The van der Waals surface area contributed by atoms with Crippen LogP contribution in [-0.4, -0.2) is 24.0 Å². The van der Waals surface area contributed by atoms with Gasteiger partial charge in [-0.3, -0.25) is 9.78 Å². The van der Waals surface area contributed by atoms with Crippen LogP contribution < -0.4 is 10.6 Å². The molecule has 1 aromatic rings. The molecular formula is C16H21N3O. The molecule has 1 heterocycles. The second-order valence-corrected chi connectivity index (χ2v) is 5.80. The van der Waals surface area contributed by atoms with Gasteiger partial charge < -0.3 is 10.6 Å². The molecule has 1 saturated carbocycles. The molecule has 4 nitrogen and oxygen atoms in total. The van der Waals surface area contributed by atoms with Crippen LogP contribution in [0.15, 0.2) is 30.6 Å². The standard InChI is InChI=1S/C16H21N3O/c1-11-10-17-5-4-15(11)18-6-7-19-16(20)14-9-12-2-3-13(14)8-12/h2-5,10,12-14H,6-9H2,1H3,(H,17,18)(H,19,20)/t12-,13+,14-/m1/s1. The summed E-state index contributed by atoms with van der Waals surface area (Å²) in [4.78, 5) is 16.2. The van der Waals surface area contributed by atoms with Crippen molar-refractivity contribution >= 4 is 11.6 Å². The first-order valence-corrected chi connectivity index (χ1v) is 7.34. The highest BCUT2D eigenvalue weighted by atomic mass is 16.1. The maximum atomic E-state index is 12.1. The topological polar surface area (TPSA) is 54.0 Å². The number of carbonyl (C=O) groups excluding carboxylic acids is 1. The summed E-state index contributed by atoms with van der Waals surface area (Å²) in [6.07, 6.45) is 10.3. The van der Waals surface area contributed by atoms with Crippen LogP contribution in [0.1, 0.15) is 18.4 Å². The predicted molar refractivity (Wildman–Crippen MR) is 79.3 cm³/mol. The minimum Gasteiger partial charge on any atom is -0.383 e. The number of nitrogens with one attached hydrogen (secondary N) is 2. The Balaban J connectivity index is 1.41. The van der Waals surface area contributed by atoms with Gasteiger partial charge in [0.15, 0.2) is 0 Å². The van der Waals surface area contributed by atoms with E-state index in [9.17, 15) is 4.79 Å². The summed E-state index contributed by atoms with van der Waals surface area (Å²) < 4.78 is 0. The highest BCUT2D eigenvalue weighted by Crippen LogP contribution is 2.43. The Bertz CT molecular complexity index is 526. The van der Waals surface area contributed by atoms with Crippen LogP contribution in [0.4, 0.5) is 5.69 Å². The van der Waals surface area contributed by atoms with E-state index in [4.69, 9.17) is 0 Å². The van der Waals surface area contributed by atoms with E-state index in [2.05, 4.69) is 27.8 Å². The molecule has 106 valence electrons. The molecule has 20 heavy (non-hydrogen) atoms. The predicted octanol–water partition coefficient (Wildman–Crippen LogP) is 2.13. The second kappa shape index (κ2) is 5.65. The van der Waals surface area contributed by atoms with Gasteiger partial charge in [-0.2, -0.15) is 0 Å². The van der Waals surface area contributed by atoms with Crippen LogP contribution in [0, 0.1) is 24.7 Å². The Morgan fingerprint density at radius 2 is 2.25 bits per heavy atom. The third-order valence-electron chi connectivity index (χ3n) is 4.38. The Labute approximate surface area is 119 Å². The molecule has 3 rings (SSSR count). The van der Waals surface area contributed by atoms with Gasteiger partial charge in [0.25, 0.3) is 0 Å². The molecule has 2 bridgehead atoms. The summed E-state index contributed by atoms with van der Waals surface area (Å²) in [6, 6.07) is 1.96. The summed E-state index contributed by atoms with van der Waals surface area (Å²) >= 11 is 0. The lowest BCUT2D eigenvalue weighted by Gasteiger charge is -2.18. The Morgan fingerprint density at radius 1 is 1.35 bits per heavy atom. The molecule has 2 aliphatic rings. The van der Waals surface area contributed by atoms with Crippen molar-refractivity contribution in [3.05, 3.63) is 36.2 Å². The number of hydrogen-bond acceptors (Lipinski definition) is 3. The number of carbonyl (C=O) groups is 1. The lowest BCUT2D eigenvalue weighted by atomic mass is 9.93. The van der Waals surface area contributed by atoms with Crippen molar-refractivity contribution in [2.24, 2.45) is 17.8 Å². The number of rotatable bonds is 5. The molecule has 0 unspecified atom stereocenters. The number of aromatic nitrogens is 1. The third-order valence-corrected chi connectivity index (χ3v) is 4.38. The first kappa shape index (κ1) is 13.2. The molecular weight excluding hydrogens is 250 g/mol. The number of amides is 1. The summed E-state index contributed by atoms with van der Waals surface area (Å²) in [7, 11) is 0. The Kier molecular flexibility index (Phi) is 3.72. The molecule has 0 spiro atoms. The largest absolute Gasteiger partial charge is 0.383 e. The highest BCUT2D eigenvalue weighted by molar-refractivity contribution is 5.80. The van der Waals surface area contributed by atoms with Gasteiger partial charge in [0, 0.05) is 37.1 Å². The zero-order valence-electron chi connectivity index (χ0n) is 11.8.